The van der Waals surface area contributed by atoms with Crippen molar-refractivity contribution in [3.8, 4) is 0 Å². The molecule has 84 valence electrons. The van der Waals surface area contributed by atoms with E-state index in [9.17, 15) is 4.79 Å². The molecule has 0 aromatic carbocycles. The standard InChI is InChI=1S/C10H10ClN3O2/c1-5-7(10(15)16-3)6(2)14-8(5)9(11)12-4-13-14/h4H,1-3H3. The van der Waals surface area contributed by atoms with Crippen LogP contribution in [0.4, 0.5) is 0 Å². The molecule has 0 saturated heterocycles. The third-order valence-electron chi connectivity index (χ3n) is 2.54. The van der Waals surface area contributed by atoms with Crippen LogP contribution in [0.5, 0.6) is 0 Å². The molecule has 2 aromatic rings. The molecule has 0 spiro atoms. The van der Waals surface area contributed by atoms with Gasteiger partial charge in [0.15, 0.2) is 5.15 Å². The van der Waals surface area contributed by atoms with Gasteiger partial charge in [-0.05, 0) is 19.4 Å². The summed E-state index contributed by atoms with van der Waals surface area (Å²) >= 11 is 5.97. The van der Waals surface area contributed by atoms with E-state index in [1.807, 2.05) is 0 Å². The predicted molar refractivity (Wildman–Crippen MR) is 58.8 cm³/mol. The van der Waals surface area contributed by atoms with Crippen molar-refractivity contribution in [2.45, 2.75) is 13.8 Å². The molecule has 0 fully saturated rings. The molecule has 0 saturated carbocycles. The van der Waals surface area contributed by atoms with Crippen LogP contribution in [0.25, 0.3) is 5.52 Å². The Morgan fingerprint density at radius 3 is 2.75 bits per heavy atom. The van der Waals surface area contributed by atoms with Gasteiger partial charge in [-0.1, -0.05) is 11.6 Å². The first-order valence-electron chi connectivity index (χ1n) is 4.64. The van der Waals surface area contributed by atoms with Crippen LogP contribution in [0, 0.1) is 13.8 Å². The highest BCUT2D eigenvalue weighted by Crippen LogP contribution is 2.26. The lowest BCUT2D eigenvalue weighted by Gasteiger charge is -1.98. The Morgan fingerprint density at radius 2 is 2.19 bits per heavy atom. The molecule has 0 aliphatic rings. The fourth-order valence-electron chi connectivity index (χ4n) is 1.80. The Bertz CT molecular complexity index is 577. The van der Waals surface area contributed by atoms with Crippen molar-refractivity contribution in [1.29, 1.82) is 0 Å². The van der Waals surface area contributed by atoms with Gasteiger partial charge in [-0.2, -0.15) is 5.10 Å². The largest absolute Gasteiger partial charge is 0.465 e. The van der Waals surface area contributed by atoms with Crippen molar-refractivity contribution in [3.63, 3.8) is 0 Å². The molecule has 0 amide bonds. The molecule has 2 aromatic heterocycles. The zero-order chi connectivity index (χ0) is 11.9. The molecule has 6 heteroatoms. The molecular weight excluding hydrogens is 230 g/mol. The Labute approximate surface area is 97.0 Å². The number of aromatic nitrogens is 3. The summed E-state index contributed by atoms with van der Waals surface area (Å²) in [5.74, 6) is -0.392. The number of rotatable bonds is 1. The molecule has 0 radical (unpaired) electrons. The molecule has 0 aliphatic heterocycles. The maximum absolute atomic E-state index is 11.6. The van der Waals surface area contributed by atoms with Gasteiger partial charge in [-0.15, -0.1) is 0 Å². The second-order valence-corrected chi connectivity index (χ2v) is 3.75. The minimum Gasteiger partial charge on any atom is -0.465 e. The molecule has 5 nitrogen and oxygen atoms in total. The van der Waals surface area contributed by atoms with E-state index in [0.717, 1.165) is 5.56 Å². The first-order valence-corrected chi connectivity index (χ1v) is 5.02. The number of methoxy groups -OCH3 is 1. The Hall–Kier alpha value is -1.62. The average molecular weight is 240 g/mol. The maximum Gasteiger partial charge on any atom is 0.340 e. The van der Waals surface area contributed by atoms with Gasteiger partial charge < -0.3 is 4.74 Å². The monoisotopic (exact) mass is 239 g/mol. The summed E-state index contributed by atoms with van der Waals surface area (Å²) in [6.07, 6.45) is 1.35. The van der Waals surface area contributed by atoms with Crippen LogP contribution in [0.2, 0.25) is 5.15 Å². The molecular formula is C10H10ClN3O2. The summed E-state index contributed by atoms with van der Waals surface area (Å²) in [6, 6.07) is 0. The molecule has 2 heterocycles. The summed E-state index contributed by atoms with van der Waals surface area (Å²) in [7, 11) is 1.34. The third-order valence-corrected chi connectivity index (χ3v) is 2.82. The number of carbonyl (C=O) groups is 1. The normalized spacial score (nSPS) is 10.8. The first-order chi connectivity index (χ1) is 7.57. The zero-order valence-electron chi connectivity index (χ0n) is 9.11. The number of nitrogens with zero attached hydrogens (tertiary/aromatic N) is 3. The minimum atomic E-state index is -0.392. The van der Waals surface area contributed by atoms with Gasteiger partial charge in [0.25, 0.3) is 0 Å². The van der Waals surface area contributed by atoms with Gasteiger partial charge in [0.05, 0.1) is 18.4 Å². The van der Waals surface area contributed by atoms with Crippen molar-refractivity contribution in [1.82, 2.24) is 14.6 Å². The van der Waals surface area contributed by atoms with E-state index in [0.29, 0.717) is 21.9 Å². The number of hydrogen-bond acceptors (Lipinski definition) is 4. The van der Waals surface area contributed by atoms with E-state index in [1.54, 1.807) is 18.4 Å². The van der Waals surface area contributed by atoms with Crippen molar-refractivity contribution >= 4 is 23.1 Å². The van der Waals surface area contributed by atoms with Gasteiger partial charge in [0.2, 0.25) is 0 Å². The summed E-state index contributed by atoms with van der Waals surface area (Å²) < 4.78 is 6.32. The van der Waals surface area contributed by atoms with E-state index in [-0.39, 0.29) is 0 Å². The van der Waals surface area contributed by atoms with Gasteiger partial charge in [-0.25, -0.2) is 14.3 Å². The summed E-state index contributed by atoms with van der Waals surface area (Å²) in [5, 5.41) is 4.38. The average Bonchev–Trinajstić information content (AvgIpc) is 2.52. The summed E-state index contributed by atoms with van der Waals surface area (Å²) in [5.41, 5.74) is 2.56. The fourth-order valence-corrected chi connectivity index (χ4v) is 2.07. The lowest BCUT2D eigenvalue weighted by atomic mass is 10.1. The van der Waals surface area contributed by atoms with E-state index >= 15 is 0 Å². The zero-order valence-corrected chi connectivity index (χ0v) is 9.87. The number of esters is 1. The second kappa shape index (κ2) is 3.75. The number of carbonyl (C=O) groups excluding carboxylic acids is 1. The number of halogens is 1. The van der Waals surface area contributed by atoms with Crippen LogP contribution >= 0.6 is 11.6 Å². The first kappa shape index (κ1) is 10.9. The highest BCUT2D eigenvalue weighted by molar-refractivity contribution is 6.32. The number of fused-ring (bicyclic) bond motifs is 1. The molecule has 0 atom stereocenters. The predicted octanol–water partition coefficient (Wildman–Crippen LogP) is 1.79. The van der Waals surface area contributed by atoms with Crippen LogP contribution in [0.3, 0.4) is 0 Å². The Kier molecular flexibility index (Phi) is 2.55. The maximum atomic E-state index is 11.6. The van der Waals surface area contributed by atoms with Crippen LogP contribution in [0.15, 0.2) is 6.33 Å². The van der Waals surface area contributed by atoms with E-state index in [4.69, 9.17) is 16.3 Å². The topological polar surface area (TPSA) is 56.5 Å². The number of aryl methyl sites for hydroxylation is 2. The van der Waals surface area contributed by atoms with Crippen molar-refractivity contribution in [2.75, 3.05) is 7.11 Å². The number of ether oxygens (including phenoxy) is 1. The lowest BCUT2D eigenvalue weighted by Crippen LogP contribution is -2.04. The van der Waals surface area contributed by atoms with Crippen LogP contribution < -0.4 is 0 Å². The summed E-state index contributed by atoms with van der Waals surface area (Å²) in [4.78, 5) is 15.5. The SMILES string of the molecule is COC(=O)c1c(C)c2c(Cl)ncnn2c1C. The number of hydrogen-bond donors (Lipinski definition) is 0. The van der Waals surface area contributed by atoms with Gasteiger partial charge in [-0.3, -0.25) is 0 Å². The second-order valence-electron chi connectivity index (χ2n) is 3.39. The van der Waals surface area contributed by atoms with E-state index < -0.39 is 5.97 Å². The van der Waals surface area contributed by atoms with E-state index in [1.165, 1.54) is 13.4 Å². The quantitative estimate of drug-likeness (QED) is 0.712. The lowest BCUT2D eigenvalue weighted by molar-refractivity contribution is 0.0599. The van der Waals surface area contributed by atoms with Crippen molar-refractivity contribution in [3.05, 3.63) is 28.3 Å². The molecule has 2 rings (SSSR count). The fraction of sp³-hybridized carbons (Fsp3) is 0.300. The molecule has 16 heavy (non-hydrogen) atoms. The van der Waals surface area contributed by atoms with Crippen LogP contribution in [-0.2, 0) is 4.74 Å². The summed E-state index contributed by atoms with van der Waals surface area (Å²) in [6.45, 7) is 3.58. The molecule has 0 aliphatic carbocycles. The molecule has 0 bridgehead atoms. The third kappa shape index (κ3) is 1.36. The van der Waals surface area contributed by atoms with Gasteiger partial charge in [0, 0.05) is 0 Å². The Balaban J connectivity index is 2.87. The highest BCUT2D eigenvalue weighted by atomic mass is 35.5. The van der Waals surface area contributed by atoms with Crippen LogP contribution in [0.1, 0.15) is 21.6 Å². The molecule has 0 N–H and O–H groups in total. The van der Waals surface area contributed by atoms with Crippen molar-refractivity contribution in [2.24, 2.45) is 0 Å². The van der Waals surface area contributed by atoms with E-state index in [2.05, 4.69) is 10.1 Å². The Morgan fingerprint density at radius 1 is 1.50 bits per heavy atom. The highest BCUT2D eigenvalue weighted by Gasteiger charge is 2.21. The molecule has 0 unspecified atom stereocenters. The van der Waals surface area contributed by atoms with Crippen LogP contribution in [-0.4, -0.2) is 27.7 Å². The van der Waals surface area contributed by atoms with Gasteiger partial charge >= 0.3 is 5.97 Å². The van der Waals surface area contributed by atoms with Crippen molar-refractivity contribution < 1.29 is 9.53 Å². The van der Waals surface area contributed by atoms with Gasteiger partial charge in [0.1, 0.15) is 11.8 Å². The minimum absolute atomic E-state index is 0.325. The smallest absolute Gasteiger partial charge is 0.340 e.